The van der Waals surface area contributed by atoms with Crippen LogP contribution in [0.4, 0.5) is 8.78 Å². The zero-order chi connectivity index (χ0) is 13.2. The van der Waals surface area contributed by atoms with Crippen molar-refractivity contribution in [3.05, 3.63) is 29.3 Å². The fourth-order valence-corrected chi connectivity index (χ4v) is 2.23. The highest BCUT2D eigenvalue weighted by Crippen LogP contribution is 2.37. The van der Waals surface area contributed by atoms with Gasteiger partial charge in [0.15, 0.2) is 0 Å². The Morgan fingerprint density at radius 2 is 2.17 bits per heavy atom. The van der Waals surface area contributed by atoms with Gasteiger partial charge in [-0.3, -0.25) is 0 Å². The highest BCUT2D eigenvalue weighted by atomic mass is 19.3. The summed E-state index contributed by atoms with van der Waals surface area (Å²) in [5.41, 5.74) is 2.00. The molecule has 0 spiro atoms. The lowest BCUT2D eigenvalue weighted by Crippen LogP contribution is -2.14. The van der Waals surface area contributed by atoms with Crippen LogP contribution in [0.5, 0.6) is 5.75 Å². The Bertz CT molecular complexity index is 418. The number of alkyl halides is 2. The molecule has 0 saturated heterocycles. The van der Waals surface area contributed by atoms with Gasteiger partial charge in [-0.25, -0.2) is 8.78 Å². The minimum atomic E-state index is -2.55. The Morgan fingerprint density at radius 3 is 2.78 bits per heavy atom. The molecule has 1 aromatic carbocycles. The molecule has 1 fully saturated rings. The van der Waals surface area contributed by atoms with E-state index in [9.17, 15) is 8.78 Å². The van der Waals surface area contributed by atoms with Crippen LogP contribution in [0.2, 0.25) is 0 Å². The lowest BCUT2D eigenvalue weighted by Gasteiger charge is -2.14. The largest absolute Gasteiger partial charge is 0.496 e. The molecule has 1 aromatic rings. The van der Waals surface area contributed by atoms with Gasteiger partial charge in [0.05, 0.1) is 19.8 Å². The van der Waals surface area contributed by atoms with Crippen molar-refractivity contribution in [2.24, 2.45) is 0 Å². The topological polar surface area (TPSA) is 18.5 Å². The summed E-state index contributed by atoms with van der Waals surface area (Å²) >= 11 is 0. The second-order valence-electron chi connectivity index (χ2n) is 4.85. The van der Waals surface area contributed by atoms with Gasteiger partial charge in [-0.05, 0) is 25.0 Å². The number of ether oxygens (including phenoxy) is 2. The molecule has 1 saturated carbocycles. The lowest BCUT2D eigenvalue weighted by atomic mass is 10.1. The molecular formula is C14H18F2O2. The molecule has 4 heteroatoms. The fourth-order valence-electron chi connectivity index (χ4n) is 2.23. The van der Waals surface area contributed by atoms with E-state index >= 15 is 0 Å². The van der Waals surface area contributed by atoms with Crippen molar-refractivity contribution < 1.29 is 18.3 Å². The number of hydrogen-bond acceptors (Lipinski definition) is 2. The highest BCUT2D eigenvalue weighted by molar-refractivity contribution is 5.36. The molecule has 2 nitrogen and oxygen atoms in total. The Labute approximate surface area is 106 Å². The first kappa shape index (κ1) is 13.3. The Balaban J connectivity index is 1.94. The van der Waals surface area contributed by atoms with Crippen LogP contribution in [0.3, 0.4) is 0 Å². The van der Waals surface area contributed by atoms with Gasteiger partial charge in [-0.2, -0.15) is 0 Å². The van der Waals surface area contributed by atoms with Crippen molar-refractivity contribution >= 4 is 0 Å². The first-order valence-electron chi connectivity index (χ1n) is 6.13. The van der Waals surface area contributed by atoms with Crippen LogP contribution < -0.4 is 4.74 Å². The maximum absolute atomic E-state index is 13.0. The summed E-state index contributed by atoms with van der Waals surface area (Å²) in [7, 11) is 1.60. The second-order valence-corrected chi connectivity index (χ2v) is 4.85. The molecule has 0 bridgehead atoms. The normalized spacial score (nSPS) is 22.1. The van der Waals surface area contributed by atoms with Crippen molar-refractivity contribution in [3.8, 4) is 5.75 Å². The molecular weight excluding hydrogens is 238 g/mol. The number of halogens is 2. The van der Waals surface area contributed by atoms with E-state index in [1.165, 1.54) is 0 Å². The molecule has 0 aliphatic heterocycles. The van der Waals surface area contributed by atoms with Gasteiger partial charge in [0.25, 0.3) is 5.92 Å². The zero-order valence-corrected chi connectivity index (χ0v) is 10.7. The van der Waals surface area contributed by atoms with Gasteiger partial charge in [0, 0.05) is 18.4 Å². The third kappa shape index (κ3) is 3.19. The van der Waals surface area contributed by atoms with E-state index in [0.29, 0.717) is 13.0 Å². The molecule has 0 aromatic heterocycles. The average molecular weight is 256 g/mol. The maximum Gasteiger partial charge on any atom is 0.250 e. The fraction of sp³-hybridized carbons (Fsp3) is 0.571. The quantitative estimate of drug-likeness (QED) is 0.817. The van der Waals surface area contributed by atoms with Crippen LogP contribution in [-0.4, -0.2) is 19.1 Å². The summed E-state index contributed by atoms with van der Waals surface area (Å²) in [6.07, 6.45) is -0.142. The van der Waals surface area contributed by atoms with E-state index in [-0.39, 0.29) is 18.9 Å². The van der Waals surface area contributed by atoms with Gasteiger partial charge in [-0.1, -0.05) is 12.1 Å². The molecule has 1 unspecified atom stereocenters. The first-order chi connectivity index (χ1) is 8.50. The Kier molecular flexibility index (Phi) is 3.85. The number of rotatable bonds is 4. The van der Waals surface area contributed by atoms with E-state index in [1.807, 2.05) is 25.1 Å². The van der Waals surface area contributed by atoms with E-state index < -0.39 is 5.92 Å². The Hall–Kier alpha value is -1.16. The van der Waals surface area contributed by atoms with Crippen molar-refractivity contribution in [1.82, 2.24) is 0 Å². The minimum absolute atomic E-state index is 0.0668. The molecule has 0 radical (unpaired) electrons. The van der Waals surface area contributed by atoms with Gasteiger partial charge < -0.3 is 9.47 Å². The maximum atomic E-state index is 13.0. The summed E-state index contributed by atoms with van der Waals surface area (Å²) in [6, 6.07) is 5.80. The SMILES string of the molecule is COc1cc(C)ccc1COC1CCC(F)(F)C1. The van der Waals surface area contributed by atoms with E-state index in [1.54, 1.807) is 7.11 Å². The summed E-state index contributed by atoms with van der Waals surface area (Å²) in [6.45, 7) is 2.30. The first-order valence-corrected chi connectivity index (χ1v) is 6.13. The molecule has 100 valence electrons. The average Bonchev–Trinajstić information content (AvgIpc) is 2.67. The van der Waals surface area contributed by atoms with Crippen molar-refractivity contribution in [3.63, 3.8) is 0 Å². The van der Waals surface area contributed by atoms with Gasteiger partial charge in [-0.15, -0.1) is 0 Å². The van der Waals surface area contributed by atoms with Crippen molar-refractivity contribution in [1.29, 1.82) is 0 Å². The molecule has 18 heavy (non-hydrogen) atoms. The van der Waals surface area contributed by atoms with Gasteiger partial charge >= 0.3 is 0 Å². The summed E-state index contributed by atoms with van der Waals surface area (Å²) in [4.78, 5) is 0. The molecule has 2 rings (SSSR count). The predicted molar refractivity (Wildman–Crippen MR) is 65.1 cm³/mol. The number of aryl methyl sites for hydroxylation is 1. The number of methoxy groups -OCH3 is 1. The molecule has 1 atom stereocenters. The van der Waals surface area contributed by atoms with Crippen LogP contribution in [-0.2, 0) is 11.3 Å². The van der Waals surface area contributed by atoms with Crippen LogP contribution in [0.15, 0.2) is 18.2 Å². The summed E-state index contributed by atoms with van der Waals surface area (Å²) < 4.78 is 36.8. The van der Waals surface area contributed by atoms with E-state index in [4.69, 9.17) is 9.47 Å². The molecule has 1 aliphatic carbocycles. The van der Waals surface area contributed by atoms with Crippen LogP contribution in [0.1, 0.15) is 30.4 Å². The minimum Gasteiger partial charge on any atom is -0.496 e. The third-order valence-electron chi connectivity index (χ3n) is 3.28. The van der Waals surface area contributed by atoms with E-state index in [2.05, 4.69) is 0 Å². The van der Waals surface area contributed by atoms with Gasteiger partial charge in [0.1, 0.15) is 5.75 Å². The second kappa shape index (κ2) is 5.22. The third-order valence-corrected chi connectivity index (χ3v) is 3.28. The Morgan fingerprint density at radius 1 is 1.39 bits per heavy atom. The predicted octanol–water partition coefficient (Wildman–Crippen LogP) is 3.71. The number of benzene rings is 1. The number of hydrogen-bond donors (Lipinski definition) is 0. The zero-order valence-electron chi connectivity index (χ0n) is 10.7. The smallest absolute Gasteiger partial charge is 0.250 e. The van der Waals surface area contributed by atoms with Crippen molar-refractivity contribution in [2.45, 2.75) is 44.8 Å². The van der Waals surface area contributed by atoms with Crippen LogP contribution in [0.25, 0.3) is 0 Å². The summed E-state index contributed by atoms with van der Waals surface area (Å²) in [5, 5.41) is 0. The molecule has 1 aliphatic rings. The van der Waals surface area contributed by atoms with Crippen LogP contribution in [0, 0.1) is 6.92 Å². The summed E-state index contributed by atoms with van der Waals surface area (Å²) in [5.74, 6) is -1.80. The van der Waals surface area contributed by atoms with E-state index in [0.717, 1.165) is 16.9 Å². The highest BCUT2D eigenvalue weighted by Gasteiger charge is 2.39. The monoisotopic (exact) mass is 256 g/mol. The molecule has 0 heterocycles. The standard InChI is InChI=1S/C14H18F2O2/c1-10-3-4-11(13(7-10)17-2)9-18-12-5-6-14(15,16)8-12/h3-4,7,12H,5-6,8-9H2,1-2H3. The molecule has 0 N–H and O–H groups in total. The van der Waals surface area contributed by atoms with Crippen molar-refractivity contribution in [2.75, 3.05) is 7.11 Å². The molecule has 0 amide bonds. The van der Waals surface area contributed by atoms with Gasteiger partial charge in [0.2, 0.25) is 0 Å². The van der Waals surface area contributed by atoms with Crippen LogP contribution >= 0.6 is 0 Å². The lowest BCUT2D eigenvalue weighted by molar-refractivity contribution is -0.0226.